The highest BCUT2D eigenvalue weighted by atomic mass is 32.2. The van der Waals surface area contributed by atoms with Gasteiger partial charge in [-0.15, -0.1) is 0 Å². The minimum atomic E-state index is -3.68. The molecule has 7 heteroatoms. The molecule has 0 aromatic heterocycles. The Morgan fingerprint density at radius 3 is 2.38 bits per heavy atom. The van der Waals surface area contributed by atoms with E-state index in [1.54, 1.807) is 18.2 Å². The molecule has 0 aliphatic carbocycles. The lowest BCUT2D eigenvalue weighted by Crippen LogP contribution is -2.35. The molecule has 1 amide bonds. The van der Waals surface area contributed by atoms with Crippen molar-refractivity contribution in [2.75, 3.05) is 6.54 Å². The van der Waals surface area contributed by atoms with E-state index in [4.69, 9.17) is 0 Å². The van der Waals surface area contributed by atoms with Crippen molar-refractivity contribution in [2.45, 2.75) is 32.1 Å². The maximum Gasteiger partial charge on any atom is 0.255 e. The second-order valence-corrected chi connectivity index (χ2v) is 6.55. The first kappa shape index (κ1) is 17.3. The van der Waals surface area contributed by atoms with E-state index < -0.39 is 15.9 Å². The smallest absolute Gasteiger partial charge is 0.255 e. The van der Waals surface area contributed by atoms with Crippen LogP contribution in [0.25, 0.3) is 0 Å². The first-order valence-electron chi connectivity index (χ1n) is 6.76. The minimum Gasteiger partial charge on any atom is -0.272 e. The largest absolute Gasteiger partial charge is 0.272 e. The number of hydrogen-bond donors (Lipinski definition) is 2. The van der Waals surface area contributed by atoms with Crippen molar-refractivity contribution in [3.8, 4) is 0 Å². The molecule has 1 aromatic carbocycles. The number of hydrazone groups is 1. The van der Waals surface area contributed by atoms with Gasteiger partial charge < -0.3 is 0 Å². The molecule has 1 rings (SSSR count). The van der Waals surface area contributed by atoms with Gasteiger partial charge in [-0.05, 0) is 24.5 Å². The van der Waals surface area contributed by atoms with Gasteiger partial charge in [0, 0.05) is 5.71 Å². The molecule has 6 nitrogen and oxygen atoms in total. The predicted octanol–water partition coefficient (Wildman–Crippen LogP) is 1.50. The summed E-state index contributed by atoms with van der Waals surface area (Å²) in [5.74, 6) is -0.266. The fourth-order valence-electron chi connectivity index (χ4n) is 1.63. The van der Waals surface area contributed by atoms with Crippen molar-refractivity contribution in [2.24, 2.45) is 11.0 Å². The molecule has 21 heavy (non-hydrogen) atoms. The van der Waals surface area contributed by atoms with Crippen LogP contribution in [0.1, 0.15) is 27.2 Å². The van der Waals surface area contributed by atoms with Gasteiger partial charge in [-0.2, -0.15) is 5.10 Å². The molecule has 0 bridgehead atoms. The fraction of sp³-hybridized carbons (Fsp3) is 0.429. The van der Waals surface area contributed by atoms with Gasteiger partial charge in [0.1, 0.15) is 0 Å². The van der Waals surface area contributed by atoms with E-state index in [9.17, 15) is 13.2 Å². The van der Waals surface area contributed by atoms with Crippen LogP contribution in [-0.4, -0.2) is 26.6 Å². The molecule has 0 spiro atoms. The summed E-state index contributed by atoms with van der Waals surface area (Å²) in [5.41, 5.74) is 3.22. The zero-order valence-electron chi connectivity index (χ0n) is 12.5. The molecule has 0 aliphatic rings. The van der Waals surface area contributed by atoms with Crippen LogP contribution in [0, 0.1) is 5.92 Å². The van der Waals surface area contributed by atoms with E-state index >= 15 is 0 Å². The summed E-state index contributed by atoms with van der Waals surface area (Å²) in [6, 6.07) is 7.89. The molecule has 0 unspecified atom stereocenters. The van der Waals surface area contributed by atoms with Gasteiger partial charge in [0.15, 0.2) is 0 Å². The highest BCUT2D eigenvalue weighted by molar-refractivity contribution is 7.89. The van der Waals surface area contributed by atoms with Crippen LogP contribution in [0.5, 0.6) is 0 Å². The van der Waals surface area contributed by atoms with Gasteiger partial charge in [0.05, 0.1) is 11.4 Å². The van der Waals surface area contributed by atoms with Crippen molar-refractivity contribution in [1.29, 1.82) is 0 Å². The molecule has 2 N–H and O–H groups in total. The van der Waals surface area contributed by atoms with Gasteiger partial charge >= 0.3 is 0 Å². The molecule has 0 fully saturated rings. The highest BCUT2D eigenvalue weighted by Crippen LogP contribution is 2.06. The number of nitrogens with one attached hydrogen (secondary N) is 2. The average Bonchev–Trinajstić information content (AvgIpc) is 2.46. The third-order valence-electron chi connectivity index (χ3n) is 2.83. The molecule has 0 atom stereocenters. The van der Waals surface area contributed by atoms with Crippen molar-refractivity contribution in [3.63, 3.8) is 0 Å². The summed E-state index contributed by atoms with van der Waals surface area (Å²) in [4.78, 5) is 11.7. The first-order valence-corrected chi connectivity index (χ1v) is 8.25. The first-order chi connectivity index (χ1) is 9.86. The molecule has 0 radical (unpaired) electrons. The van der Waals surface area contributed by atoms with E-state index in [2.05, 4.69) is 15.2 Å². The number of rotatable bonds is 7. The highest BCUT2D eigenvalue weighted by Gasteiger charge is 2.14. The monoisotopic (exact) mass is 311 g/mol. The van der Waals surface area contributed by atoms with Gasteiger partial charge in [-0.25, -0.2) is 18.6 Å². The maximum atomic E-state index is 11.9. The SMILES string of the molecule is CC/C(=N/NC(=O)CNS(=O)(=O)c1ccccc1)C(C)C. The second kappa shape index (κ2) is 7.90. The van der Waals surface area contributed by atoms with E-state index in [0.717, 1.165) is 12.1 Å². The Hall–Kier alpha value is -1.73. The Balaban J connectivity index is 2.58. The van der Waals surface area contributed by atoms with Crippen molar-refractivity contribution >= 4 is 21.6 Å². The normalized spacial score (nSPS) is 12.5. The summed E-state index contributed by atoms with van der Waals surface area (Å²) in [6.07, 6.45) is 0.730. The third kappa shape index (κ3) is 5.65. The number of sulfonamides is 1. The van der Waals surface area contributed by atoms with E-state index in [1.165, 1.54) is 12.1 Å². The number of carbonyl (C=O) groups is 1. The van der Waals surface area contributed by atoms with Gasteiger partial charge in [0.25, 0.3) is 5.91 Å². The minimum absolute atomic E-state index is 0.123. The fourth-order valence-corrected chi connectivity index (χ4v) is 2.64. The zero-order chi connectivity index (χ0) is 15.9. The van der Waals surface area contributed by atoms with Crippen LogP contribution < -0.4 is 10.1 Å². The standard InChI is InChI=1S/C14H21N3O3S/c1-4-13(11(2)3)16-17-14(18)10-15-21(19,20)12-8-6-5-7-9-12/h5-9,11,15H,4,10H2,1-3H3,(H,17,18)/b16-13-. The predicted molar refractivity (Wildman–Crippen MR) is 82.3 cm³/mol. The lowest BCUT2D eigenvalue weighted by atomic mass is 10.1. The number of carbonyl (C=O) groups excluding carboxylic acids is 1. The quantitative estimate of drug-likeness (QED) is 0.591. The van der Waals surface area contributed by atoms with Crippen molar-refractivity contribution in [1.82, 2.24) is 10.1 Å². The number of hydrogen-bond acceptors (Lipinski definition) is 4. The summed E-state index contributed by atoms with van der Waals surface area (Å²) in [7, 11) is -3.68. The number of amides is 1. The Morgan fingerprint density at radius 1 is 1.24 bits per heavy atom. The van der Waals surface area contributed by atoms with E-state index in [1.807, 2.05) is 20.8 Å². The molecule has 0 saturated heterocycles. The van der Waals surface area contributed by atoms with Crippen LogP contribution in [0.3, 0.4) is 0 Å². The van der Waals surface area contributed by atoms with Crippen LogP contribution >= 0.6 is 0 Å². The maximum absolute atomic E-state index is 11.9. The summed E-state index contributed by atoms with van der Waals surface area (Å²) in [6.45, 7) is 5.55. The van der Waals surface area contributed by atoms with Crippen LogP contribution in [-0.2, 0) is 14.8 Å². The van der Waals surface area contributed by atoms with Crippen LogP contribution in [0.2, 0.25) is 0 Å². The molecule has 116 valence electrons. The Morgan fingerprint density at radius 2 is 1.86 bits per heavy atom. The van der Waals surface area contributed by atoms with E-state index in [0.29, 0.717) is 0 Å². The summed E-state index contributed by atoms with van der Waals surface area (Å²) < 4.78 is 26.1. The Labute approximate surface area is 125 Å². The van der Waals surface area contributed by atoms with Crippen LogP contribution in [0.15, 0.2) is 40.3 Å². The lowest BCUT2D eigenvalue weighted by molar-refractivity contribution is -0.119. The molecule has 1 aromatic rings. The Bertz CT molecular complexity index is 595. The summed E-state index contributed by atoms with van der Waals surface area (Å²) in [5, 5.41) is 4.00. The average molecular weight is 311 g/mol. The topological polar surface area (TPSA) is 87.6 Å². The molecule has 0 saturated carbocycles. The second-order valence-electron chi connectivity index (χ2n) is 4.78. The van der Waals surface area contributed by atoms with Gasteiger partial charge in [-0.1, -0.05) is 39.0 Å². The molecular weight excluding hydrogens is 290 g/mol. The van der Waals surface area contributed by atoms with Gasteiger partial charge in [0.2, 0.25) is 10.0 Å². The van der Waals surface area contributed by atoms with Crippen LogP contribution in [0.4, 0.5) is 0 Å². The molecule has 0 heterocycles. The third-order valence-corrected chi connectivity index (χ3v) is 4.25. The Kier molecular flexibility index (Phi) is 6.51. The zero-order valence-corrected chi connectivity index (χ0v) is 13.3. The van der Waals surface area contributed by atoms with Gasteiger partial charge in [-0.3, -0.25) is 4.79 Å². The molecular formula is C14H21N3O3S. The van der Waals surface area contributed by atoms with Crippen molar-refractivity contribution < 1.29 is 13.2 Å². The summed E-state index contributed by atoms with van der Waals surface area (Å²) >= 11 is 0. The van der Waals surface area contributed by atoms with E-state index in [-0.39, 0.29) is 17.4 Å². The van der Waals surface area contributed by atoms with Crippen molar-refractivity contribution in [3.05, 3.63) is 30.3 Å². The lowest BCUT2D eigenvalue weighted by Gasteiger charge is -2.08. The number of benzene rings is 1. The number of nitrogens with zero attached hydrogens (tertiary/aromatic N) is 1. The molecule has 0 aliphatic heterocycles.